The molecule has 0 radical (unpaired) electrons. The van der Waals surface area contributed by atoms with E-state index in [2.05, 4.69) is 30.4 Å². The molecule has 0 unspecified atom stereocenters. The highest BCUT2D eigenvalue weighted by Crippen LogP contribution is 2.23. The zero-order chi connectivity index (χ0) is 12.8. The number of unbranched alkanes of at least 4 members (excludes halogenated alkanes) is 1. The van der Waals surface area contributed by atoms with Crippen LogP contribution in [0.5, 0.6) is 5.75 Å². The zero-order valence-corrected chi connectivity index (χ0v) is 10.9. The number of ether oxygens (including phenoxy) is 1. The van der Waals surface area contributed by atoms with Crippen LogP contribution >= 0.6 is 0 Å². The van der Waals surface area contributed by atoms with Crippen LogP contribution in [-0.2, 0) is 6.54 Å². The molecule has 18 heavy (non-hydrogen) atoms. The Hall–Kier alpha value is -1.53. The van der Waals surface area contributed by atoms with Crippen molar-refractivity contribution in [1.29, 1.82) is 5.26 Å². The smallest absolute Gasteiger partial charge is 0.123 e. The fraction of sp³-hybridized carbons (Fsp3) is 0.533. The van der Waals surface area contributed by atoms with Crippen molar-refractivity contribution in [3.63, 3.8) is 0 Å². The van der Waals surface area contributed by atoms with E-state index in [9.17, 15) is 0 Å². The quantitative estimate of drug-likeness (QED) is 0.750. The van der Waals surface area contributed by atoms with E-state index in [-0.39, 0.29) is 0 Å². The van der Waals surface area contributed by atoms with Gasteiger partial charge in [0, 0.05) is 24.6 Å². The third kappa shape index (κ3) is 4.05. The summed E-state index contributed by atoms with van der Waals surface area (Å²) in [4.78, 5) is 0. The number of aryl methyl sites for hydroxylation is 1. The van der Waals surface area contributed by atoms with Gasteiger partial charge in [0.1, 0.15) is 5.75 Å². The maximum Gasteiger partial charge on any atom is 0.123 e. The summed E-state index contributed by atoms with van der Waals surface area (Å²) in [5.74, 6) is 0.951. The van der Waals surface area contributed by atoms with Gasteiger partial charge in [-0.3, -0.25) is 0 Å². The van der Waals surface area contributed by atoms with Crippen LogP contribution < -0.4 is 10.1 Å². The van der Waals surface area contributed by atoms with Crippen molar-refractivity contribution in [2.45, 2.75) is 45.2 Å². The van der Waals surface area contributed by atoms with E-state index in [0.29, 0.717) is 19.1 Å². The van der Waals surface area contributed by atoms with E-state index >= 15 is 0 Å². The van der Waals surface area contributed by atoms with Gasteiger partial charge in [0.15, 0.2) is 0 Å². The third-order valence-electron chi connectivity index (χ3n) is 3.07. The Morgan fingerprint density at radius 2 is 2.28 bits per heavy atom. The molecule has 0 saturated heterocycles. The topological polar surface area (TPSA) is 45.0 Å². The summed E-state index contributed by atoms with van der Waals surface area (Å²) in [5, 5.41) is 12.0. The Bertz CT molecular complexity index is 433. The second-order valence-electron chi connectivity index (χ2n) is 4.88. The molecule has 1 aromatic carbocycles. The Labute approximate surface area is 109 Å². The summed E-state index contributed by atoms with van der Waals surface area (Å²) in [5.41, 5.74) is 2.48. The minimum atomic E-state index is 0.557. The van der Waals surface area contributed by atoms with Crippen LogP contribution in [0.15, 0.2) is 18.2 Å². The number of nitrogens with one attached hydrogen (secondary N) is 1. The first kappa shape index (κ1) is 12.9. The summed E-state index contributed by atoms with van der Waals surface area (Å²) in [7, 11) is 0. The number of benzene rings is 1. The number of nitrogens with zero attached hydrogens (tertiary/aromatic N) is 1. The predicted molar refractivity (Wildman–Crippen MR) is 71.4 cm³/mol. The zero-order valence-electron chi connectivity index (χ0n) is 10.9. The van der Waals surface area contributed by atoms with E-state index in [4.69, 9.17) is 10.00 Å². The molecule has 1 saturated carbocycles. The molecule has 2 rings (SSSR count). The number of rotatable bonds is 7. The average molecular weight is 244 g/mol. The summed E-state index contributed by atoms with van der Waals surface area (Å²) in [6.07, 6.45) is 3.94. The van der Waals surface area contributed by atoms with Crippen molar-refractivity contribution < 1.29 is 4.74 Å². The van der Waals surface area contributed by atoms with Crippen molar-refractivity contribution in [3.8, 4) is 11.8 Å². The van der Waals surface area contributed by atoms with Crippen LogP contribution in [0.4, 0.5) is 0 Å². The Kier molecular flexibility index (Phi) is 4.60. The van der Waals surface area contributed by atoms with E-state index in [1.165, 1.54) is 24.0 Å². The minimum Gasteiger partial charge on any atom is -0.493 e. The number of hydrogen-bond acceptors (Lipinski definition) is 3. The standard InChI is InChI=1S/C15H20N2O/c1-12-4-7-15(18-9-3-2-8-16)13(10-12)11-17-14-5-6-14/h4,7,10,14,17H,2-3,5-6,9,11H2,1H3. The summed E-state index contributed by atoms with van der Waals surface area (Å²) < 4.78 is 5.76. The Balaban J connectivity index is 1.91. The van der Waals surface area contributed by atoms with Gasteiger partial charge in [0.25, 0.3) is 0 Å². The lowest BCUT2D eigenvalue weighted by atomic mass is 10.1. The van der Waals surface area contributed by atoms with E-state index in [1.807, 2.05) is 6.07 Å². The van der Waals surface area contributed by atoms with Crippen molar-refractivity contribution in [2.75, 3.05) is 6.61 Å². The van der Waals surface area contributed by atoms with Crippen LogP contribution in [0.1, 0.15) is 36.8 Å². The van der Waals surface area contributed by atoms with Gasteiger partial charge >= 0.3 is 0 Å². The molecule has 3 nitrogen and oxygen atoms in total. The van der Waals surface area contributed by atoms with Crippen molar-refractivity contribution in [1.82, 2.24) is 5.32 Å². The lowest BCUT2D eigenvalue weighted by Crippen LogP contribution is -2.16. The van der Waals surface area contributed by atoms with Gasteiger partial charge in [0.2, 0.25) is 0 Å². The second kappa shape index (κ2) is 6.42. The minimum absolute atomic E-state index is 0.557. The molecule has 0 aliphatic heterocycles. The van der Waals surface area contributed by atoms with Gasteiger partial charge in [-0.2, -0.15) is 5.26 Å². The molecule has 96 valence electrons. The number of hydrogen-bond donors (Lipinski definition) is 1. The highest BCUT2D eigenvalue weighted by Gasteiger charge is 2.20. The maximum atomic E-state index is 8.49. The van der Waals surface area contributed by atoms with Crippen molar-refractivity contribution >= 4 is 0 Å². The summed E-state index contributed by atoms with van der Waals surface area (Å²) >= 11 is 0. The number of nitriles is 1. The van der Waals surface area contributed by atoms with Gasteiger partial charge in [-0.15, -0.1) is 0 Å². The van der Waals surface area contributed by atoms with Gasteiger partial charge in [-0.1, -0.05) is 17.7 Å². The molecule has 1 N–H and O–H groups in total. The molecule has 1 fully saturated rings. The monoisotopic (exact) mass is 244 g/mol. The molecule has 1 aliphatic rings. The predicted octanol–water partition coefficient (Wildman–Crippen LogP) is 2.93. The van der Waals surface area contributed by atoms with Gasteiger partial charge in [-0.25, -0.2) is 0 Å². The lowest BCUT2D eigenvalue weighted by molar-refractivity contribution is 0.308. The van der Waals surface area contributed by atoms with E-state index in [0.717, 1.165) is 18.7 Å². The first-order valence-corrected chi connectivity index (χ1v) is 6.62. The normalized spacial score (nSPS) is 14.2. The largest absolute Gasteiger partial charge is 0.493 e. The van der Waals surface area contributed by atoms with Crippen LogP contribution in [0, 0.1) is 18.3 Å². The molecular formula is C15H20N2O. The highest BCUT2D eigenvalue weighted by molar-refractivity contribution is 5.37. The molecule has 0 bridgehead atoms. The second-order valence-corrected chi connectivity index (χ2v) is 4.88. The lowest BCUT2D eigenvalue weighted by Gasteiger charge is -2.12. The molecule has 0 aromatic heterocycles. The van der Waals surface area contributed by atoms with Crippen LogP contribution in [-0.4, -0.2) is 12.6 Å². The fourth-order valence-electron chi connectivity index (χ4n) is 1.86. The Morgan fingerprint density at radius 3 is 3.00 bits per heavy atom. The third-order valence-corrected chi connectivity index (χ3v) is 3.07. The van der Waals surface area contributed by atoms with Crippen LogP contribution in [0.25, 0.3) is 0 Å². The highest BCUT2D eigenvalue weighted by atomic mass is 16.5. The fourth-order valence-corrected chi connectivity index (χ4v) is 1.86. The maximum absolute atomic E-state index is 8.49. The van der Waals surface area contributed by atoms with Gasteiger partial charge in [-0.05, 0) is 32.3 Å². The van der Waals surface area contributed by atoms with Gasteiger partial charge < -0.3 is 10.1 Å². The average Bonchev–Trinajstić information content (AvgIpc) is 3.18. The Morgan fingerprint density at radius 1 is 1.44 bits per heavy atom. The van der Waals surface area contributed by atoms with E-state index in [1.54, 1.807) is 0 Å². The van der Waals surface area contributed by atoms with Crippen LogP contribution in [0.2, 0.25) is 0 Å². The molecule has 0 spiro atoms. The van der Waals surface area contributed by atoms with Crippen molar-refractivity contribution in [2.24, 2.45) is 0 Å². The van der Waals surface area contributed by atoms with E-state index < -0.39 is 0 Å². The molecule has 0 heterocycles. The molecular weight excluding hydrogens is 224 g/mol. The first-order valence-electron chi connectivity index (χ1n) is 6.62. The summed E-state index contributed by atoms with van der Waals surface area (Å²) in [6, 6.07) is 9.12. The molecule has 0 atom stereocenters. The molecule has 1 aliphatic carbocycles. The molecule has 3 heteroatoms. The summed E-state index contributed by atoms with van der Waals surface area (Å²) in [6.45, 7) is 3.59. The first-order chi connectivity index (χ1) is 8.79. The van der Waals surface area contributed by atoms with Crippen LogP contribution in [0.3, 0.4) is 0 Å². The van der Waals surface area contributed by atoms with Crippen molar-refractivity contribution in [3.05, 3.63) is 29.3 Å². The SMILES string of the molecule is Cc1ccc(OCCCC#N)c(CNC2CC2)c1. The molecule has 1 aromatic rings. The molecule has 0 amide bonds. The van der Waals surface area contributed by atoms with Gasteiger partial charge in [0.05, 0.1) is 12.7 Å².